The fraction of sp³-hybridized carbons (Fsp3) is 0.192. The molecule has 28 heteroatoms. The van der Waals surface area contributed by atoms with Gasteiger partial charge in [0.05, 0.1) is 44.8 Å². The lowest BCUT2D eigenvalue weighted by atomic mass is 10.1. The van der Waals surface area contributed by atoms with E-state index in [1.807, 2.05) is 26.0 Å². The van der Waals surface area contributed by atoms with E-state index in [1.54, 1.807) is 37.4 Å². The Morgan fingerprint density at radius 1 is 0.525 bits per heavy atom. The summed E-state index contributed by atoms with van der Waals surface area (Å²) in [5.41, 5.74) is 0.892. The molecule has 80 heavy (non-hydrogen) atoms. The highest BCUT2D eigenvalue weighted by Gasteiger charge is 2.36. The number of hydrogen-bond donors (Lipinski definition) is 1. The van der Waals surface area contributed by atoms with Crippen LogP contribution in [0.3, 0.4) is 0 Å². The minimum absolute atomic E-state index is 0. The van der Waals surface area contributed by atoms with Crippen molar-refractivity contribution in [3.63, 3.8) is 0 Å². The molecular formula is C52H48Br3F9N6O7S3. The molecule has 0 saturated carbocycles. The molecule has 0 unspecified atom stereocenters. The maximum atomic E-state index is 13.1. The number of nitrogen functional groups attached to an aromatic ring is 1. The summed E-state index contributed by atoms with van der Waals surface area (Å²) in [5.74, 6) is 8.58. The molecule has 6 rings (SSSR count). The number of benzene rings is 3. The number of carbonyl (C=O) groups excluding carboxylic acids is 1. The van der Waals surface area contributed by atoms with Crippen LogP contribution in [0.5, 0.6) is 0 Å². The Morgan fingerprint density at radius 2 is 0.800 bits per heavy atom. The van der Waals surface area contributed by atoms with Gasteiger partial charge in [-0.25, -0.2) is 50.2 Å². The van der Waals surface area contributed by atoms with E-state index in [4.69, 9.17) is 5.73 Å². The number of pyridine rings is 3. The standard InChI is InChI=1S/2C14H10BrF3N2O2S.C9H7F3O3S.C5H5BrN2.C4H6.C3H4.C2H2.CH4/c2*1-23(21,22)10-5-4-9(11(7-10)14(16,17)18)8-20-13-12(15)3-2-6-19-13;1-16(14,15)7-3-2-6(5-13)8(4-7)9(10,11)12;6-4-2-1-3-8-5(4)7;1-3-4-2;1-3-2;1-2;/h2*2-8H,1H3;2-5H,1H3;1-3H,(H2,7,8);1-2H3;1H,2H3;1-2H;1H4. The van der Waals surface area contributed by atoms with E-state index in [1.165, 1.54) is 12.4 Å². The summed E-state index contributed by atoms with van der Waals surface area (Å²) in [4.78, 5) is 28.6. The molecule has 0 fully saturated rings. The van der Waals surface area contributed by atoms with Gasteiger partial charge in [0.2, 0.25) is 0 Å². The molecular weight excluding hydrogens is 1330 g/mol. The predicted octanol–water partition coefficient (Wildman–Crippen LogP) is 13.9. The van der Waals surface area contributed by atoms with Gasteiger partial charge >= 0.3 is 18.5 Å². The summed E-state index contributed by atoms with van der Waals surface area (Å²) in [5, 5.41) is 0. The van der Waals surface area contributed by atoms with Crippen molar-refractivity contribution in [2.24, 2.45) is 9.98 Å². The van der Waals surface area contributed by atoms with Crippen LogP contribution in [0, 0.1) is 37.0 Å². The topological polar surface area (TPSA) is 209 Å². The summed E-state index contributed by atoms with van der Waals surface area (Å²) in [6, 6.07) is 18.1. The Morgan fingerprint density at radius 3 is 1.02 bits per heavy atom. The third kappa shape index (κ3) is 26.9. The molecule has 430 valence electrons. The molecule has 0 saturated heterocycles. The third-order valence-electron chi connectivity index (χ3n) is 8.57. The van der Waals surface area contributed by atoms with Gasteiger partial charge in [0.1, 0.15) is 5.82 Å². The van der Waals surface area contributed by atoms with Gasteiger partial charge in [-0.3, -0.25) is 4.79 Å². The van der Waals surface area contributed by atoms with Gasteiger partial charge in [-0.15, -0.1) is 37.0 Å². The lowest BCUT2D eigenvalue weighted by molar-refractivity contribution is -0.138. The minimum atomic E-state index is -4.75. The fourth-order valence-electron chi connectivity index (χ4n) is 4.97. The Kier molecular flexibility index (Phi) is 32.4. The molecule has 0 amide bonds. The number of aldehydes is 1. The quantitative estimate of drug-likeness (QED) is 0.0656. The number of carbonyl (C=O) groups is 1. The molecule has 0 atom stereocenters. The summed E-state index contributed by atoms with van der Waals surface area (Å²) in [6.45, 7) is 5.29. The molecule has 13 nitrogen and oxygen atoms in total. The van der Waals surface area contributed by atoms with Gasteiger partial charge in [-0.05, 0) is 147 Å². The lowest BCUT2D eigenvalue weighted by Gasteiger charge is -2.11. The molecule has 0 aliphatic heterocycles. The first-order chi connectivity index (χ1) is 36.5. The normalized spacial score (nSPS) is 11.0. The maximum Gasteiger partial charge on any atom is 0.417 e. The molecule has 0 spiro atoms. The van der Waals surface area contributed by atoms with Crippen LogP contribution < -0.4 is 5.73 Å². The number of anilines is 1. The average molecular weight is 1380 g/mol. The van der Waals surface area contributed by atoms with E-state index >= 15 is 0 Å². The molecule has 3 aromatic heterocycles. The van der Waals surface area contributed by atoms with E-state index in [0.717, 1.165) is 72.1 Å². The van der Waals surface area contributed by atoms with Crippen LogP contribution in [-0.4, -0.2) is 77.7 Å². The SMILES string of the molecule is C.C#C.C#CC.CC#CC.CS(=O)(=O)c1ccc(C=Nc2ncccc2Br)c(C(F)(F)F)c1.CS(=O)(=O)c1ccc(C=Nc2ncccc2Br)c(C(F)(F)F)c1.CS(=O)(=O)c1ccc(C=O)c(C(F)(F)F)c1.Nc1ncccc1Br. The second-order valence-electron chi connectivity index (χ2n) is 14.5. The lowest BCUT2D eigenvalue weighted by Crippen LogP contribution is -2.11. The fourth-order valence-corrected chi connectivity index (χ4v) is 7.88. The zero-order valence-corrected chi connectivity index (χ0v) is 49.0. The number of halogens is 12. The monoisotopic (exact) mass is 1370 g/mol. The first-order valence-electron chi connectivity index (χ1n) is 20.9. The number of sulfone groups is 3. The minimum Gasteiger partial charge on any atom is -0.383 e. The molecule has 0 aliphatic rings. The van der Waals surface area contributed by atoms with Crippen molar-refractivity contribution in [3.05, 3.63) is 156 Å². The number of terminal acetylenes is 2. The second kappa shape index (κ2) is 34.4. The van der Waals surface area contributed by atoms with Crippen molar-refractivity contribution in [1.82, 2.24) is 15.0 Å². The smallest absolute Gasteiger partial charge is 0.383 e. The van der Waals surface area contributed by atoms with Gasteiger partial charge in [0.25, 0.3) is 0 Å². The highest BCUT2D eigenvalue weighted by atomic mass is 79.9. The molecule has 2 N–H and O–H groups in total. The molecule has 0 aliphatic carbocycles. The molecule has 6 aromatic rings. The van der Waals surface area contributed by atoms with E-state index < -0.39 is 85.0 Å². The van der Waals surface area contributed by atoms with Crippen molar-refractivity contribution in [1.29, 1.82) is 0 Å². The first kappa shape index (κ1) is 75.3. The van der Waals surface area contributed by atoms with Gasteiger partial charge in [-0.2, -0.15) is 39.5 Å². The molecule has 3 aromatic carbocycles. The first-order valence-corrected chi connectivity index (χ1v) is 28.9. The Hall–Kier alpha value is -6.74. The van der Waals surface area contributed by atoms with E-state index in [0.29, 0.717) is 33.0 Å². The van der Waals surface area contributed by atoms with Crippen LogP contribution in [0.25, 0.3) is 0 Å². The number of nitrogens with zero attached hydrogens (tertiary/aromatic N) is 5. The van der Waals surface area contributed by atoms with Gasteiger partial charge < -0.3 is 5.73 Å². The zero-order chi connectivity index (χ0) is 61.2. The van der Waals surface area contributed by atoms with Gasteiger partial charge in [-0.1, -0.05) is 19.6 Å². The molecule has 0 bridgehead atoms. The van der Waals surface area contributed by atoms with Crippen LogP contribution in [-0.2, 0) is 48.0 Å². The Balaban J connectivity index is 0. The van der Waals surface area contributed by atoms with Crippen LogP contribution in [0.1, 0.15) is 66.4 Å². The van der Waals surface area contributed by atoms with Crippen molar-refractivity contribution in [2.75, 3.05) is 24.5 Å². The van der Waals surface area contributed by atoms with E-state index in [9.17, 15) is 69.6 Å². The van der Waals surface area contributed by atoms with Crippen LogP contribution >= 0.6 is 47.8 Å². The number of nitrogens with two attached hydrogens (primary N) is 1. The van der Waals surface area contributed by atoms with Crippen molar-refractivity contribution >= 4 is 113 Å². The number of hydrogen-bond acceptors (Lipinski definition) is 13. The largest absolute Gasteiger partial charge is 0.417 e. The van der Waals surface area contributed by atoms with Gasteiger partial charge in [0, 0.05) is 66.5 Å². The number of aliphatic imine (C=N–C) groups is 2. The molecule has 0 radical (unpaired) electrons. The van der Waals surface area contributed by atoms with Crippen molar-refractivity contribution in [2.45, 2.75) is 61.4 Å². The van der Waals surface area contributed by atoms with Crippen LogP contribution in [0.15, 0.2) is 148 Å². The predicted molar refractivity (Wildman–Crippen MR) is 304 cm³/mol. The summed E-state index contributed by atoms with van der Waals surface area (Å²) in [6.07, 6.45) is 7.53. The average Bonchev–Trinajstić information content (AvgIpc) is 3.36. The van der Waals surface area contributed by atoms with Crippen LogP contribution in [0.4, 0.5) is 57.0 Å². The maximum absolute atomic E-state index is 13.1. The summed E-state index contributed by atoms with van der Waals surface area (Å²) < 4.78 is 186. The number of rotatable bonds is 8. The second-order valence-corrected chi connectivity index (χ2v) is 23.1. The highest BCUT2D eigenvalue weighted by Crippen LogP contribution is 2.36. The Labute approximate surface area is 484 Å². The van der Waals surface area contributed by atoms with Crippen molar-refractivity contribution < 1.29 is 69.6 Å². The van der Waals surface area contributed by atoms with Crippen LogP contribution in [0.2, 0.25) is 0 Å². The van der Waals surface area contributed by atoms with Gasteiger partial charge in [0.15, 0.2) is 47.4 Å². The van der Waals surface area contributed by atoms with E-state index in [-0.39, 0.29) is 36.5 Å². The summed E-state index contributed by atoms with van der Waals surface area (Å²) in [7, 11) is -11.2. The van der Waals surface area contributed by atoms with Crippen molar-refractivity contribution in [3.8, 4) is 37.0 Å². The number of aromatic nitrogens is 3. The zero-order valence-electron chi connectivity index (χ0n) is 41.8. The van der Waals surface area contributed by atoms with E-state index in [2.05, 4.69) is 110 Å². The molecule has 3 heterocycles. The third-order valence-corrected chi connectivity index (χ3v) is 13.8. The summed E-state index contributed by atoms with van der Waals surface area (Å²) >= 11 is 9.58. The Bertz CT molecular complexity index is 3390. The number of alkyl halides is 9. The highest BCUT2D eigenvalue weighted by molar-refractivity contribution is 9.11.